The topological polar surface area (TPSA) is 18.5 Å². The van der Waals surface area contributed by atoms with Crippen LogP contribution in [0.25, 0.3) is 5.57 Å². The summed E-state index contributed by atoms with van der Waals surface area (Å²) in [6, 6.07) is 10.4. The molecule has 2 saturated heterocycles. The maximum Gasteiger partial charge on any atom is 0.127 e. The standard InChI is InChI=1S/C19H24O2/c1-13(14-7-3-2-4-8-14)12-20-18-11-17-15-9-5-6-10-16(15)19(18)21-17/h2-4,7-8,12,15-19H,5-6,9-11H2,1H3/b13-12-. The minimum Gasteiger partial charge on any atom is -0.495 e. The van der Waals surface area contributed by atoms with Gasteiger partial charge in [-0.1, -0.05) is 43.2 Å². The molecule has 0 aromatic heterocycles. The fraction of sp³-hybridized carbons (Fsp3) is 0.579. The second-order valence-corrected chi connectivity index (χ2v) is 6.83. The van der Waals surface area contributed by atoms with Gasteiger partial charge in [0.2, 0.25) is 0 Å². The zero-order valence-corrected chi connectivity index (χ0v) is 12.7. The van der Waals surface area contributed by atoms with Crippen molar-refractivity contribution in [2.24, 2.45) is 11.8 Å². The molecule has 3 fully saturated rings. The second-order valence-electron chi connectivity index (χ2n) is 6.83. The first-order valence-electron chi connectivity index (χ1n) is 8.36. The van der Waals surface area contributed by atoms with Crippen molar-refractivity contribution in [2.45, 2.75) is 57.3 Å². The molecule has 2 nitrogen and oxygen atoms in total. The molecule has 0 radical (unpaired) electrons. The molecular formula is C19H24O2. The molecule has 2 bridgehead atoms. The lowest BCUT2D eigenvalue weighted by Gasteiger charge is -2.35. The molecule has 1 saturated carbocycles. The van der Waals surface area contributed by atoms with Gasteiger partial charge in [-0.3, -0.25) is 0 Å². The van der Waals surface area contributed by atoms with Crippen molar-refractivity contribution in [1.29, 1.82) is 0 Å². The molecule has 1 aromatic carbocycles. The van der Waals surface area contributed by atoms with E-state index in [1.54, 1.807) is 0 Å². The van der Waals surface area contributed by atoms with Gasteiger partial charge in [-0.25, -0.2) is 0 Å². The Balaban J connectivity index is 1.43. The highest BCUT2D eigenvalue weighted by Crippen LogP contribution is 2.51. The number of hydrogen-bond acceptors (Lipinski definition) is 2. The fourth-order valence-electron chi connectivity index (χ4n) is 4.51. The van der Waals surface area contributed by atoms with Crippen LogP contribution in [0.4, 0.5) is 0 Å². The second kappa shape index (κ2) is 5.49. The first kappa shape index (κ1) is 13.4. The van der Waals surface area contributed by atoms with E-state index in [0.29, 0.717) is 12.2 Å². The Morgan fingerprint density at radius 2 is 1.90 bits per heavy atom. The summed E-state index contributed by atoms with van der Waals surface area (Å²) in [7, 11) is 0. The van der Waals surface area contributed by atoms with E-state index in [-0.39, 0.29) is 6.10 Å². The van der Waals surface area contributed by atoms with E-state index in [0.717, 1.165) is 18.3 Å². The van der Waals surface area contributed by atoms with Gasteiger partial charge >= 0.3 is 0 Å². The molecule has 5 atom stereocenters. The molecule has 3 aliphatic rings. The molecule has 4 rings (SSSR count). The van der Waals surface area contributed by atoms with Gasteiger partial charge in [0, 0.05) is 6.42 Å². The van der Waals surface area contributed by atoms with Crippen molar-refractivity contribution in [3.05, 3.63) is 42.2 Å². The van der Waals surface area contributed by atoms with Gasteiger partial charge in [0.15, 0.2) is 0 Å². The highest BCUT2D eigenvalue weighted by molar-refractivity contribution is 5.62. The Labute approximate surface area is 127 Å². The Kier molecular flexibility index (Phi) is 3.50. The van der Waals surface area contributed by atoms with E-state index in [4.69, 9.17) is 9.47 Å². The van der Waals surface area contributed by atoms with Gasteiger partial charge < -0.3 is 9.47 Å². The molecule has 5 unspecified atom stereocenters. The summed E-state index contributed by atoms with van der Waals surface area (Å²) >= 11 is 0. The molecule has 2 heteroatoms. The number of hydrogen-bond donors (Lipinski definition) is 0. The zero-order chi connectivity index (χ0) is 14.2. The van der Waals surface area contributed by atoms with Crippen LogP contribution in [0, 0.1) is 11.8 Å². The average Bonchev–Trinajstić information content (AvgIpc) is 3.12. The quantitative estimate of drug-likeness (QED) is 0.765. The zero-order valence-electron chi connectivity index (χ0n) is 12.7. The summed E-state index contributed by atoms with van der Waals surface area (Å²) < 4.78 is 12.3. The molecular weight excluding hydrogens is 260 g/mol. The van der Waals surface area contributed by atoms with Crippen LogP contribution in [0.3, 0.4) is 0 Å². The molecule has 0 N–H and O–H groups in total. The summed E-state index contributed by atoms with van der Waals surface area (Å²) in [6.45, 7) is 2.12. The van der Waals surface area contributed by atoms with E-state index < -0.39 is 0 Å². The average molecular weight is 284 g/mol. The van der Waals surface area contributed by atoms with Crippen molar-refractivity contribution in [2.75, 3.05) is 0 Å². The van der Waals surface area contributed by atoms with Crippen LogP contribution in [-0.2, 0) is 9.47 Å². The van der Waals surface area contributed by atoms with Crippen LogP contribution in [0.15, 0.2) is 36.6 Å². The third-order valence-electron chi connectivity index (χ3n) is 5.59. The fourth-order valence-corrected chi connectivity index (χ4v) is 4.51. The highest BCUT2D eigenvalue weighted by atomic mass is 16.6. The van der Waals surface area contributed by atoms with Crippen LogP contribution >= 0.6 is 0 Å². The lowest BCUT2D eigenvalue weighted by molar-refractivity contribution is 0.0192. The van der Waals surface area contributed by atoms with Crippen molar-refractivity contribution in [3.8, 4) is 0 Å². The number of benzene rings is 1. The van der Waals surface area contributed by atoms with Crippen LogP contribution in [0.1, 0.15) is 44.6 Å². The molecule has 0 spiro atoms. The van der Waals surface area contributed by atoms with Gasteiger partial charge in [0.25, 0.3) is 0 Å². The molecule has 21 heavy (non-hydrogen) atoms. The van der Waals surface area contributed by atoms with Crippen LogP contribution in [0.5, 0.6) is 0 Å². The van der Waals surface area contributed by atoms with E-state index >= 15 is 0 Å². The number of ether oxygens (including phenoxy) is 2. The van der Waals surface area contributed by atoms with E-state index in [1.165, 1.54) is 36.8 Å². The van der Waals surface area contributed by atoms with Crippen LogP contribution < -0.4 is 0 Å². The number of rotatable bonds is 3. The Hall–Kier alpha value is -1.28. The van der Waals surface area contributed by atoms with Gasteiger partial charge in [0.05, 0.1) is 18.5 Å². The van der Waals surface area contributed by atoms with Crippen molar-refractivity contribution in [3.63, 3.8) is 0 Å². The summed E-state index contributed by atoms with van der Waals surface area (Å²) in [5, 5.41) is 0. The Bertz CT molecular complexity index is 522. The lowest BCUT2D eigenvalue weighted by Crippen LogP contribution is -2.38. The minimum absolute atomic E-state index is 0.271. The first-order chi connectivity index (χ1) is 10.3. The molecule has 112 valence electrons. The molecule has 1 aliphatic carbocycles. The third-order valence-corrected chi connectivity index (χ3v) is 5.59. The third kappa shape index (κ3) is 2.40. The van der Waals surface area contributed by atoms with Crippen molar-refractivity contribution in [1.82, 2.24) is 0 Å². The molecule has 2 heterocycles. The number of fused-ring (bicyclic) bond motifs is 5. The Morgan fingerprint density at radius 3 is 2.71 bits per heavy atom. The minimum atomic E-state index is 0.271. The van der Waals surface area contributed by atoms with Gasteiger partial charge in [-0.05, 0) is 42.7 Å². The number of allylic oxidation sites excluding steroid dienone is 1. The SMILES string of the molecule is C/C(=C/OC1CC2OC1C1CCCCC21)c1ccccc1. The van der Waals surface area contributed by atoms with E-state index in [9.17, 15) is 0 Å². The molecule has 2 aliphatic heterocycles. The smallest absolute Gasteiger partial charge is 0.127 e. The van der Waals surface area contributed by atoms with Crippen LogP contribution in [-0.4, -0.2) is 18.3 Å². The molecule has 1 aromatic rings. The molecule has 0 amide bonds. The maximum absolute atomic E-state index is 6.22. The van der Waals surface area contributed by atoms with Gasteiger partial charge in [-0.2, -0.15) is 0 Å². The predicted octanol–water partition coefficient (Wildman–Crippen LogP) is 4.41. The first-order valence-corrected chi connectivity index (χ1v) is 8.36. The summed E-state index contributed by atoms with van der Waals surface area (Å²) in [6.07, 6.45) is 9.60. The summed E-state index contributed by atoms with van der Waals surface area (Å²) in [5.74, 6) is 1.58. The summed E-state index contributed by atoms with van der Waals surface area (Å²) in [4.78, 5) is 0. The predicted molar refractivity (Wildman–Crippen MR) is 83.7 cm³/mol. The van der Waals surface area contributed by atoms with E-state index in [1.807, 2.05) is 12.3 Å². The van der Waals surface area contributed by atoms with Crippen molar-refractivity contribution < 1.29 is 9.47 Å². The lowest BCUT2D eigenvalue weighted by atomic mass is 9.70. The maximum atomic E-state index is 6.22. The normalized spacial score (nSPS) is 38.3. The summed E-state index contributed by atoms with van der Waals surface area (Å²) in [5.41, 5.74) is 2.43. The van der Waals surface area contributed by atoms with Crippen molar-refractivity contribution >= 4 is 5.57 Å². The van der Waals surface area contributed by atoms with Gasteiger partial charge in [-0.15, -0.1) is 0 Å². The van der Waals surface area contributed by atoms with Gasteiger partial charge in [0.1, 0.15) is 6.10 Å². The highest BCUT2D eigenvalue weighted by Gasteiger charge is 2.55. The monoisotopic (exact) mass is 284 g/mol. The van der Waals surface area contributed by atoms with Crippen LogP contribution in [0.2, 0.25) is 0 Å². The Morgan fingerprint density at radius 1 is 1.14 bits per heavy atom. The largest absolute Gasteiger partial charge is 0.495 e. The van der Waals surface area contributed by atoms with E-state index in [2.05, 4.69) is 31.2 Å².